The zero-order chi connectivity index (χ0) is 16.2. The second-order valence-electron chi connectivity index (χ2n) is 4.97. The van der Waals surface area contributed by atoms with Gasteiger partial charge in [-0.15, -0.1) is 0 Å². The Balaban J connectivity index is 1.93. The van der Waals surface area contributed by atoms with E-state index in [0.717, 1.165) is 22.3 Å². The summed E-state index contributed by atoms with van der Waals surface area (Å²) in [4.78, 5) is 12.4. The van der Waals surface area contributed by atoms with Gasteiger partial charge in [0, 0.05) is 10.5 Å². The molecular weight excluding hydrogens is 356 g/mol. The topological polar surface area (TPSA) is 44.1 Å². The van der Waals surface area contributed by atoms with E-state index in [4.69, 9.17) is 4.74 Å². The monoisotopic (exact) mass is 370 g/mol. The summed E-state index contributed by atoms with van der Waals surface area (Å²) in [5.74, 6) is 0.00376. The van der Waals surface area contributed by atoms with Crippen molar-refractivity contribution >= 4 is 21.9 Å². The van der Waals surface area contributed by atoms with Gasteiger partial charge in [0.1, 0.15) is 0 Å². The van der Waals surface area contributed by atoms with Gasteiger partial charge in [0.05, 0.1) is 16.9 Å². The van der Waals surface area contributed by atoms with E-state index in [9.17, 15) is 4.79 Å². The molecule has 1 aromatic heterocycles. The number of hydrogen-bond donors (Lipinski definition) is 0. The number of nitrogens with zero attached hydrogens (tertiary/aromatic N) is 2. The maximum absolute atomic E-state index is 12.4. The van der Waals surface area contributed by atoms with Crippen LogP contribution in [0.15, 0.2) is 65.1 Å². The van der Waals surface area contributed by atoms with Crippen LogP contribution in [0, 0.1) is 0 Å². The molecule has 3 aromatic rings. The van der Waals surface area contributed by atoms with Gasteiger partial charge in [0.15, 0.2) is 0 Å². The van der Waals surface area contributed by atoms with Crippen molar-refractivity contribution in [1.82, 2.24) is 9.78 Å². The van der Waals surface area contributed by atoms with Crippen molar-refractivity contribution < 1.29 is 9.53 Å². The zero-order valence-electron chi connectivity index (χ0n) is 12.6. The highest BCUT2D eigenvalue weighted by Gasteiger charge is 2.15. The molecule has 0 saturated carbocycles. The molecule has 0 aliphatic heterocycles. The average molecular weight is 371 g/mol. The highest BCUT2D eigenvalue weighted by molar-refractivity contribution is 9.10. The van der Waals surface area contributed by atoms with Crippen molar-refractivity contribution in [3.8, 4) is 11.6 Å². The van der Waals surface area contributed by atoms with Crippen LogP contribution in [-0.4, -0.2) is 15.7 Å². The van der Waals surface area contributed by atoms with Crippen LogP contribution >= 0.6 is 15.9 Å². The Hall–Kier alpha value is -2.40. The molecular formula is C18H15BrN2O2. The maximum atomic E-state index is 12.4. The van der Waals surface area contributed by atoms with Crippen LogP contribution in [0.4, 0.5) is 0 Å². The number of hydrogen-bond acceptors (Lipinski definition) is 3. The Labute approximate surface area is 142 Å². The largest absolute Gasteiger partial charge is 0.404 e. The molecule has 0 radical (unpaired) electrons. The number of benzene rings is 2. The number of aromatic nitrogens is 2. The molecule has 5 heteroatoms. The van der Waals surface area contributed by atoms with Gasteiger partial charge < -0.3 is 4.74 Å². The van der Waals surface area contributed by atoms with Crippen LogP contribution in [0.2, 0.25) is 0 Å². The quantitative estimate of drug-likeness (QED) is 0.638. The summed E-state index contributed by atoms with van der Waals surface area (Å²) < 4.78 is 8.04. The Morgan fingerprint density at radius 2 is 1.91 bits per heavy atom. The fraction of sp³-hybridized carbons (Fsp3) is 0.111. The maximum Gasteiger partial charge on any atom is 0.344 e. The number of halogens is 1. The molecule has 0 N–H and O–H groups in total. The number of aryl methyl sites for hydroxylation is 1. The van der Waals surface area contributed by atoms with E-state index in [2.05, 4.69) is 21.0 Å². The van der Waals surface area contributed by atoms with E-state index in [1.54, 1.807) is 28.9 Å². The number of carbonyl (C=O) groups excluding carboxylic acids is 1. The first kappa shape index (κ1) is 15.5. The summed E-state index contributed by atoms with van der Waals surface area (Å²) in [5.41, 5.74) is 2.20. The first-order valence-corrected chi connectivity index (χ1v) is 8.09. The third-order valence-electron chi connectivity index (χ3n) is 3.35. The minimum Gasteiger partial charge on any atom is -0.404 e. The number of ether oxygens (including phenoxy) is 1. The minimum absolute atomic E-state index is 0.411. The van der Waals surface area contributed by atoms with Crippen LogP contribution in [0.1, 0.15) is 23.0 Å². The van der Waals surface area contributed by atoms with E-state index in [1.807, 2.05) is 43.3 Å². The molecule has 0 bridgehead atoms. The molecule has 2 aromatic carbocycles. The number of rotatable bonds is 4. The molecule has 0 unspecified atom stereocenters. The molecule has 116 valence electrons. The molecule has 4 nitrogen and oxygen atoms in total. The fourth-order valence-corrected chi connectivity index (χ4v) is 2.58. The summed E-state index contributed by atoms with van der Waals surface area (Å²) in [5, 5.41) is 4.49. The Morgan fingerprint density at radius 3 is 2.61 bits per heavy atom. The lowest BCUT2D eigenvalue weighted by atomic mass is 10.2. The molecule has 0 aliphatic rings. The van der Waals surface area contributed by atoms with Gasteiger partial charge in [-0.1, -0.05) is 47.1 Å². The SMILES string of the molecule is CCc1cc(OC(=O)c2cccc(Br)c2)n(-c2ccccc2)n1. The average Bonchev–Trinajstić information content (AvgIpc) is 2.98. The molecule has 1 heterocycles. The Morgan fingerprint density at radius 1 is 1.13 bits per heavy atom. The highest BCUT2D eigenvalue weighted by Crippen LogP contribution is 2.21. The van der Waals surface area contributed by atoms with Crippen LogP contribution in [-0.2, 0) is 6.42 Å². The molecule has 0 atom stereocenters. The van der Waals surface area contributed by atoms with Gasteiger partial charge in [-0.25, -0.2) is 9.48 Å². The third kappa shape index (κ3) is 3.51. The second-order valence-corrected chi connectivity index (χ2v) is 5.89. The van der Waals surface area contributed by atoms with E-state index >= 15 is 0 Å². The second kappa shape index (κ2) is 6.79. The lowest BCUT2D eigenvalue weighted by molar-refractivity contribution is 0.0723. The number of para-hydroxylation sites is 1. The van der Waals surface area contributed by atoms with Crippen LogP contribution < -0.4 is 4.74 Å². The lowest BCUT2D eigenvalue weighted by Gasteiger charge is -2.08. The fourth-order valence-electron chi connectivity index (χ4n) is 2.18. The first-order chi connectivity index (χ1) is 11.2. The highest BCUT2D eigenvalue weighted by atomic mass is 79.9. The Bertz CT molecular complexity index is 828. The van der Waals surface area contributed by atoms with Crippen LogP contribution in [0.25, 0.3) is 5.69 Å². The van der Waals surface area contributed by atoms with Crippen molar-refractivity contribution in [2.45, 2.75) is 13.3 Å². The van der Waals surface area contributed by atoms with Gasteiger partial charge in [-0.05, 0) is 36.8 Å². The minimum atomic E-state index is -0.411. The van der Waals surface area contributed by atoms with E-state index in [0.29, 0.717) is 11.4 Å². The molecule has 0 aliphatic carbocycles. The predicted molar refractivity (Wildman–Crippen MR) is 92.0 cm³/mol. The normalized spacial score (nSPS) is 10.5. The summed E-state index contributed by atoms with van der Waals surface area (Å²) in [6.07, 6.45) is 0.765. The lowest BCUT2D eigenvalue weighted by Crippen LogP contribution is -2.11. The molecule has 0 saturated heterocycles. The van der Waals surface area contributed by atoms with Gasteiger partial charge in [0.25, 0.3) is 0 Å². The van der Waals surface area contributed by atoms with Crippen molar-refractivity contribution in [3.05, 3.63) is 76.4 Å². The number of carbonyl (C=O) groups is 1. The van der Waals surface area contributed by atoms with Gasteiger partial charge in [0.2, 0.25) is 5.88 Å². The summed E-state index contributed by atoms with van der Waals surface area (Å²) >= 11 is 3.36. The summed E-state index contributed by atoms with van der Waals surface area (Å²) in [7, 11) is 0. The first-order valence-electron chi connectivity index (χ1n) is 7.29. The van der Waals surface area contributed by atoms with Crippen molar-refractivity contribution in [1.29, 1.82) is 0 Å². The van der Waals surface area contributed by atoms with Crippen molar-refractivity contribution in [2.75, 3.05) is 0 Å². The Kier molecular flexibility index (Phi) is 4.57. The van der Waals surface area contributed by atoms with Gasteiger partial charge >= 0.3 is 5.97 Å². The molecule has 0 spiro atoms. The molecule has 0 fully saturated rings. The number of esters is 1. The van der Waals surface area contributed by atoms with Crippen molar-refractivity contribution in [2.24, 2.45) is 0 Å². The van der Waals surface area contributed by atoms with E-state index in [-0.39, 0.29) is 0 Å². The van der Waals surface area contributed by atoms with Crippen LogP contribution in [0.5, 0.6) is 5.88 Å². The van der Waals surface area contributed by atoms with E-state index in [1.165, 1.54) is 0 Å². The summed E-state index contributed by atoms with van der Waals surface area (Å²) in [6.45, 7) is 2.01. The predicted octanol–water partition coefficient (Wildman–Crippen LogP) is 4.42. The third-order valence-corrected chi connectivity index (χ3v) is 3.84. The molecule has 0 amide bonds. The van der Waals surface area contributed by atoms with Gasteiger partial charge in [-0.2, -0.15) is 5.10 Å². The smallest absolute Gasteiger partial charge is 0.344 e. The van der Waals surface area contributed by atoms with Crippen molar-refractivity contribution in [3.63, 3.8) is 0 Å². The summed E-state index contributed by atoms with van der Waals surface area (Å²) in [6, 6.07) is 18.5. The standard InChI is InChI=1S/C18H15BrN2O2/c1-2-15-12-17(21(20-15)16-9-4-3-5-10-16)23-18(22)13-7-6-8-14(19)11-13/h3-12H,2H2,1H3. The van der Waals surface area contributed by atoms with E-state index < -0.39 is 5.97 Å². The molecule has 23 heavy (non-hydrogen) atoms. The zero-order valence-corrected chi connectivity index (χ0v) is 14.2. The molecule has 3 rings (SSSR count). The van der Waals surface area contributed by atoms with Gasteiger partial charge in [-0.3, -0.25) is 0 Å². The van der Waals surface area contributed by atoms with Crippen LogP contribution in [0.3, 0.4) is 0 Å².